The second kappa shape index (κ2) is 7.37. The van der Waals surface area contributed by atoms with Gasteiger partial charge in [-0.05, 0) is 24.3 Å². The van der Waals surface area contributed by atoms with Crippen molar-refractivity contribution in [1.29, 1.82) is 0 Å². The first-order valence-electron chi connectivity index (χ1n) is 8.18. The Kier molecular flexibility index (Phi) is 5.16. The lowest BCUT2D eigenvalue weighted by Gasteiger charge is -2.36. The minimum atomic E-state index is -4.42. The number of hydrogen-bond donors (Lipinski definition) is 2. The topological polar surface area (TPSA) is 83.8 Å². The van der Waals surface area contributed by atoms with Crippen molar-refractivity contribution in [2.75, 3.05) is 9.80 Å². The largest absolute Gasteiger partial charge is 0.416 e. The highest BCUT2D eigenvalue weighted by molar-refractivity contribution is 8.04. The van der Waals surface area contributed by atoms with Gasteiger partial charge in [0.2, 0.25) is 0 Å². The highest BCUT2D eigenvalue weighted by atomic mass is 35.5. The molecule has 29 heavy (non-hydrogen) atoms. The van der Waals surface area contributed by atoms with Gasteiger partial charge in [0.1, 0.15) is 16.7 Å². The summed E-state index contributed by atoms with van der Waals surface area (Å²) in [7, 11) is 0. The molecule has 2 aliphatic rings. The molecular weight excluding hydrogens is 448 g/mol. The van der Waals surface area contributed by atoms with Crippen molar-refractivity contribution in [3.05, 3.63) is 63.0 Å². The molecule has 0 saturated heterocycles. The maximum Gasteiger partial charge on any atom is 0.416 e. The summed E-state index contributed by atoms with van der Waals surface area (Å²) in [5, 5.41) is 1.15. The number of pyridine rings is 1. The lowest BCUT2D eigenvalue weighted by molar-refractivity contribution is -0.137. The average Bonchev–Trinajstić information content (AvgIpc) is 2.98. The van der Waals surface area contributed by atoms with E-state index >= 15 is 0 Å². The van der Waals surface area contributed by atoms with Crippen LogP contribution < -0.4 is 21.3 Å². The summed E-state index contributed by atoms with van der Waals surface area (Å²) in [6.07, 6.45) is -0.869. The minimum absolute atomic E-state index is 0.283. The Morgan fingerprint density at radius 3 is 2.24 bits per heavy atom. The van der Waals surface area contributed by atoms with E-state index in [1.807, 2.05) is 0 Å². The van der Waals surface area contributed by atoms with Gasteiger partial charge in [0, 0.05) is 18.1 Å². The van der Waals surface area contributed by atoms with Crippen LogP contribution in [-0.2, 0) is 6.18 Å². The molecule has 2 unspecified atom stereocenters. The fourth-order valence-electron chi connectivity index (χ4n) is 3.08. The van der Waals surface area contributed by atoms with Crippen molar-refractivity contribution < 1.29 is 13.2 Å². The number of benzene rings is 1. The molecule has 1 aromatic heterocycles. The number of aromatic nitrogens is 1. The van der Waals surface area contributed by atoms with Crippen LogP contribution in [0.5, 0.6) is 0 Å². The van der Waals surface area contributed by atoms with Crippen LogP contribution in [0, 0.1) is 0 Å². The Labute approximate surface area is 178 Å². The fourth-order valence-corrected chi connectivity index (χ4v) is 4.63. The molecule has 0 saturated carbocycles. The number of nitrogens with two attached hydrogens (primary N) is 2. The third-order valence-corrected chi connectivity index (χ3v) is 5.95. The number of thioether (sulfide) groups is 1. The second-order valence-electron chi connectivity index (χ2n) is 6.16. The molecule has 0 bridgehead atoms. The van der Waals surface area contributed by atoms with Crippen LogP contribution in [-0.4, -0.2) is 23.0 Å². The average molecular weight is 461 g/mol. The van der Waals surface area contributed by atoms with E-state index in [1.165, 1.54) is 42.6 Å². The van der Waals surface area contributed by atoms with Gasteiger partial charge in [-0.2, -0.15) is 13.2 Å². The summed E-state index contributed by atoms with van der Waals surface area (Å²) < 4.78 is 38.5. The summed E-state index contributed by atoms with van der Waals surface area (Å²) >= 11 is 13.9. The maximum absolute atomic E-state index is 12.8. The Morgan fingerprint density at radius 1 is 1.03 bits per heavy atom. The van der Waals surface area contributed by atoms with Crippen molar-refractivity contribution in [3.8, 4) is 0 Å². The second-order valence-corrected chi connectivity index (χ2v) is 8.08. The smallest absolute Gasteiger partial charge is 0.311 e. The maximum atomic E-state index is 12.8. The number of halogens is 5. The first-order chi connectivity index (χ1) is 13.7. The summed E-state index contributed by atoms with van der Waals surface area (Å²) in [4.78, 5) is 11.5. The molecule has 2 aliphatic heterocycles. The summed E-state index contributed by atoms with van der Waals surface area (Å²) in [6, 6.07) is 4.64. The van der Waals surface area contributed by atoms with Crippen LogP contribution in [0.3, 0.4) is 0 Å². The van der Waals surface area contributed by atoms with Crippen LogP contribution in [0.15, 0.2) is 52.4 Å². The molecule has 12 heteroatoms. The molecule has 0 aliphatic carbocycles. The first-order valence-corrected chi connectivity index (χ1v) is 9.82. The van der Waals surface area contributed by atoms with Gasteiger partial charge in [-0.1, -0.05) is 35.0 Å². The quantitative estimate of drug-likeness (QED) is 0.698. The summed E-state index contributed by atoms with van der Waals surface area (Å²) in [5.41, 5.74) is 12.8. The molecule has 0 radical (unpaired) electrons. The van der Waals surface area contributed by atoms with Gasteiger partial charge in [0.25, 0.3) is 0 Å². The fraction of sp³-hybridized carbons (Fsp3) is 0.176. The van der Waals surface area contributed by atoms with Gasteiger partial charge in [-0.25, -0.2) is 4.99 Å². The highest BCUT2D eigenvalue weighted by Crippen LogP contribution is 2.47. The van der Waals surface area contributed by atoms with Crippen LogP contribution in [0.2, 0.25) is 10.0 Å². The lowest BCUT2D eigenvalue weighted by atomic mass is 10.1. The summed E-state index contributed by atoms with van der Waals surface area (Å²) in [5.74, 6) is 0. The summed E-state index contributed by atoms with van der Waals surface area (Å²) in [6.45, 7) is 0. The predicted octanol–water partition coefficient (Wildman–Crippen LogP) is 4.21. The first kappa shape index (κ1) is 20.3. The molecular formula is C17H13Cl2F3N6S. The zero-order chi connectivity index (χ0) is 20.9. The molecule has 2 aromatic rings. The third kappa shape index (κ3) is 3.55. The van der Waals surface area contributed by atoms with Gasteiger partial charge in [-0.3, -0.25) is 4.98 Å². The Morgan fingerprint density at radius 2 is 1.66 bits per heavy atom. The zero-order valence-corrected chi connectivity index (χ0v) is 16.8. The van der Waals surface area contributed by atoms with E-state index < -0.39 is 23.4 Å². The van der Waals surface area contributed by atoms with E-state index in [9.17, 15) is 13.2 Å². The number of alkyl halides is 3. The van der Waals surface area contributed by atoms with Crippen molar-refractivity contribution in [2.45, 2.75) is 17.8 Å². The molecule has 152 valence electrons. The zero-order valence-electron chi connectivity index (χ0n) is 14.4. The molecule has 0 fully saturated rings. The van der Waals surface area contributed by atoms with Gasteiger partial charge in [-0.15, -0.1) is 0 Å². The van der Waals surface area contributed by atoms with E-state index in [-0.39, 0.29) is 10.0 Å². The van der Waals surface area contributed by atoms with Gasteiger partial charge in [0.15, 0.2) is 0 Å². The monoisotopic (exact) mass is 460 g/mol. The van der Waals surface area contributed by atoms with Gasteiger partial charge in [0.05, 0.1) is 33.3 Å². The van der Waals surface area contributed by atoms with Gasteiger partial charge < -0.3 is 21.3 Å². The molecule has 2 atom stereocenters. The molecule has 6 nitrogen and oxygen atoms in total. The van der Waals surface area contributed by atoms with E-state index in [2.05, 4.69) is 9.98 Å². The van der Waals surface area contributed by atoms with Gasteiger partial charge >= 0.3 is 6.18 Å². The van der Waals surface area contributed by atoms with Crippen molar-refractivity contribution in [2.24, 2.45) is 16.5 Å². The van der Waals surface area contributed by atoms with Crippen LogP contribution in [0.4, 0.5) is 24.5 Å². The molecule has 1 aromatic carbocycles. The number of rotatable bonds is 2. The third-order valence-electron chi connectivity index (χ3n) is 4.41. The molecule has 4 N–H and O–H groups in total. The highest BCUT2D eigenvalue weighted by Gasteiger charge is 2.41. The number of hydrogen-bond acceptors (Lipinski definition) is 7. The minimum Gasteiger partial charge on any atom is -0.311 e. The van der Waals surface area contributed by atoms with Crippen molar-refractivity contribution >= 4 is 52.7 Å². The standard InChI is InChI=1S/C17H13Cl2F3N6S/c18-10-5-25-6-11(19)12(10)28-13-14(23)27(7-26-15(13)29-16(28)24)9-3-1-8(2-4-9)17(20,21)22/h1-7,14,16H,23-24H2. The van der Waals surface area contributed by atoms with Crippen molar-refractivity contribution in [1.82, 2.24) is 4.98 Å². The number of aliphatic imine (C=N–C) groups is 1. The number of anilines is 2. The predicted molar refractivity (Wildman–Crippen MR) is 110 cm³/mol. The molecule has 3 heterocycles. The van der Waals surface area contributed by atoms with Crippen molar-refractivity contribution in [3.63, 3.8) is 0 Å². The number of nitrogens with zero attached hydrogens (tertiary/aromatic N) is 4. The lowest BCUT2D eigenvalue weighted by Crippen LogP contribution is -2.50. The Balaban J connectivity index is 1.71. The molecule has 0 spiro atoms. The van der Waals surface area contributed by atoms with Crippen LogP contribution in [0.1, 0.15) is 5.56 Å². The molecule has 4 rings (SSSR count). The van der Waals surface area contributed by atoms with E-state index in [0.717, 1.165) is 12.1 Å². The van der Waals surface area contributed by atoms with E-state index in [1.54, 1.807) is 9.80 Å². The van der Waals surface area contributed by atoms with Crippen LogP contribution in [0.25, 0.3) is 0 Å². The Hall–Kier alpha value is -1.98. The molecule has 0 amide bonds. The van der Waals surface area contributed by atoms with E-state index in [4.69, 9.17) is 34.7 Å². The SMILES string of the molecule is NC1C2=C(N=CN1c1ccc(C(F)(F)F)cc1)SC(N)N2c1c(Cl)cncc1Cl. The normalized spacial score (nSPS) is 21.8. The van der Waals surface area contributed by atoms with Crippen LogP contribution >= 0.6 is 35.0 Å². The Bertz CT molecular complexity index is 991. The van der Waals surface area contributed by atoms with E-state index in [0.29, 0.717) is 22.1 Å².